The molecule has 1 fully saturated rings. The van der Waals surface area contributed by atoms with E-state index >= 15 is 0 Å². The summed E-state index contributed by atoms with van der Waals surface area (Å²) >= 11 is 1.28. The van der Waals surface area contributed by atoms with Gasteiger partial charge in [-0.25, -0.2) is 18.3 Å². The largest absolute Gasteiger partial charge is 0.348 e. The van der Waals surface area contributed by atoms with Gasteiger partial charge in [-0.3, -0.25) is 9.48 Å². The van der Waals surface area contributed by atoms with Gasteiger partial charge in [-0.2, -0.15) is 10.2 Å². The number of thiophene rings is 1. The van der Waals surface area contributed by atoms with Gasteiger partial charge in [-0.05, 0) is 23.4 Å². The van der Waals surface area contributed by atoms with Gasteiger partial charge >= 0.3 is 0 Å². The van der Waals surface area contributed by atoms with E-state index in [4.69, 9.17) is 0 Å². The Morgan fingerprint density at radius 3 is 2.77 bits per heavy atom. The zero-order valence-corrected chi connectivity index (χ0v) is 16.9. The molecule has 4 aromatic heterocycles. The number of rotatable bonds is 4. The van der Waals surface area contributed by atoms with Crippen molar-refractivity contribution >= 4 is 22.9 Å². The highest BCUT2D eigenvalue weighted by Crippen LogP contribution is 2.35. The predicted octanol–water partition coefficient (Wildman–Crippen LogP) is 3.78. The van der Waals surface area contributed by atoms with Crippen LogP contribution in [0, 0.1) is 0 Å². The number of hydrogen-bond acceptors (Lipinski definition) is 5. The number of nitrogens with one attached hydrogen (secondary N) is 1. The first kappa shape index (κ1) is 18.9. The van der Waals surface area contributed by atoms with E-state index in [1.54, 1.807) is 33.9 Å². The Morgan fingerprint density at radius 1 is 1.20 bits per heavy atom. The molecule has 1 unspecified atom stereocenters. The van der Waals surface area contributed by atoms with Crippen LogP contribution in [0.15, 0.2) is 42.4 Å². The smallest absolute Gasteiger partial charge is 0.261 e. The van der Waals surface area contributed by atoms with E-state index in [-0.39, 0.29) is 18.7 Å². The molecule has 1 aliphatic rings. The molecule has 0 bridgehead atoms. The Kier molecular flexibility index (Phi) is 4.39. The van der Waals surface area contributed by atoms with Crippen LogP contribution in [0.2, 0.25) is 0 Å². The van der Waals surface area contributed by atoms with Crippen molar-refractivity contribution in [3.8, 4) is 22.3 Å². The zero-order chi connectivity index (χ0) is 20.9. The molecule has 0 aromatic carbocycles. The van der Waals surface area contributed by atoms with Gasteiger partial charge in [-0.1, -0.05) is 0 Å². The number of carbonyl (C=O) groups is 1. The third-order valence-corrected chi connectivity index (χ3v) is 6.20. The molecular formula is C20H18F2N6OS. The number of alkyl halides is 2. The van der Waals surface area contributed by atoms with Crippen molar-refractivity contribution in [2.24, 2.45) is 7.05 Å². The molecule has 0 radical (unpaired) electrons. The number of aryl methyl sites for hydroxylation is 1. The molecule has 5 rings (SSSR count). The lowest BCUT2D eigenvalue weighted by molar-refractivity contribution is 0.00711. The van der Waals surface area contributed by atoms with Crippen molar-refractivity contribution in [2.45, 2.75) is 31.2 Å². The lowest BCUT2D eigenvalue weighted by Gasteiger charge is -2.11. The summed E-state index contributed by atoms with van der Waals surface area (Å²) in [5, 5.41) is 13.1. The Morgan fingerprint density at radius 2 is 2.03 bits per heavy atom. The van der Waals surface area contributed by atoms with E-state index in [9.17, 15) is 13.6 Å². The van der Waals surface area contributed by atoms with Crippen molar-refractivity contribution < 1.29 is 13.6 Å². The fraction of sp³-hybridized carbons (Fsp3) is 0.300. The Bertz CT molecular complexity index is 1240. The zero-order valence-electron chi connectivity index (χ0n) is 16.0. The molecule has 1 atom stereocenters. The van der Waals surface area contributed by atoms with Crippen LogP contribution in [-0.4, -0.2) is 42.3 Å². The maximum Gasteiger partial charge on any atom is 0.261 e. The van der Waals surface area contributed by atoms with Gasteiger partial charge in [0.05, 0.1) is 17.3 Å². The maximum absolute atomic E-state index is 13.4. The van der Waals surface area contributed by atoms with E-state index in [0.717, 1.165) is 22.3 Å². The first-order chi connectivity index (χ1) is 14.4. The van der Waals surface area contributed by atoms with Gasteiger partial charge in [-0.15, -0.1) is 11.3 Å². The highest BCUT2D eigenvalue weighted by atomic mass is 32.1. The molecule has 1 aliphatic carbocycles. The fourth-order valence-corrected chi connectivity index (χ4v) is 4.53. The van der Waals surface area contributed by atoms with Crippen molar-refractivity contribution in [2.75, 3.05) is 0 Å². The minimum atomic E-state index is -2.68. The second-order valence-electron chi connectivity index (χ2n) is 7.54. The molecule has 0 aliphatic heterocycles. The molecule has 4 heterocycles. The van der Waals surface area contributed by atoms with Crippen molar-refractivity contribution in [1.29, 1.82) is 0 Å². The number of aromatic nitrogens is 5. The Hall–Kier alpha value is -3.14. The summed E-state index contributed by atoms with van der Waals surface area (Å²) in [7, 11) is 1.85. The lowest BCUT2D eigenvalue weighted by atomic mass is 10.1. The average Bonchev–Trinajstić information content (AvgIpc) is 3.47. The summed E-state index contributed by atoms with van der Waals surface area (Å²) in [5.41, 5.74) is 4.12. The van der Waals surface area contributed by atoms with E-state index in [2.05, 4.69) is 20.5 Å². The topological polar surface area (TPSA) is 77.1 Å². The van der Waals surface area contributed by atoms with Crippen LogP contribution in [0.3, 0.4) is 0 Å². The first-order valence-electron chi connectivity index (χ1n) is 9.48. The summed E-state index contributed by atoms with van der Waals surface area (Å²) < 4.78 is 30.1. The van der Waals surface area contributed by atoms with E-state index in [1.165, 1.54) is 11.3 Å². The summed E-state index contributed by atoms with van der Waals surface area (Å²) in [5.74, 6) is -3.01. The van der Waals surface area contributed by atoms with Crippen LogP contribution < -0.4 is 5.32 Å². The summed E-state index contributed by atoms with van der Waals surface area (Å²) in [4.78, 5) is 17.5. The van der Waals surface area contributed by atoms with E-state index in [0.29, 0.717) is 16.9 Å². The second kappa shape index (κ2) is 6.98. The van der Waals surface area contributed by atoms with Gasteiger partial charge in [0.15, 0.2) is 5.65 Å². The monoisotopic (exact) mass is 428 g/mol. The number of carbonyl (C=O) groups excluding carboxylic acids is 1. The Labute approximate surface area is 174 Å². The molecule has 1 saturated carbocycles. The van der Waals surface area contributed by atoms with Crippen molar-refractivity contribution in [3.05, 3.63) is 47.3 Å². The second-order valence-corrected chi connectivity index (χ2v) is 8.45. The van der Waals surface area contributed by atoms with Crippen LogP contribution >= 0.6 is 11.3 Å². The predicted molar refractivity (Wildman–Crippen MR) is 109 cm³/mol. The molecule has 1 amide bonds. The number of halogens is 2. The lowest BCUT2D eigenvalue weighted by Crippen LogP contribution is -2.33. The third kappa shape index (κ3) is 3.47. The maximum atomic E-state index is 13.4. The fourth-order valence-electron chi connectivity index (χ4n) is 3.72. The van der Waals surface area contributed by atoms with Crippen LogP contribution in [-0.2, 0) is 7.05 Å². The van der Waals surface area contributed by atoms with Crippen molar-refractivity contribution in [3.63, 3.8) is 0 Å². The summed E-state index contributed by atoms with van der Waals surface area (Å²) in [6.45, 7) is 0. The van der Waals surface area contributed by atoms with Crippen molar-refractivity contribution in [1.82, 2.24) is 29.7 Å². The highest BCUT2D eigenvalue weighted by Gasteiger charge is 2.40. The molecule has 7 nitrogen and oxygen atoms in total. The average molecular weight is 428 g/mol. The number of hydrogen-bond donors (Lipinski definition) is 1. The van der Waals surface area contributed by atoms with E-state index in [1.807, 2.05) is 24.8 Å². The van der Waals surface area contributed by atoms with Gasteiger partial charge < -0.3 is 5.32 Å². The van der Waals surface area contributed by atoms with E-state index < -0.39 is 12.0 Å². The molecule has 4 aromatic rings. The summed E-state index contributed by atoms with van der Waals surface area (Å²) in [6, 6.07) is 1.27. The highest BCUT2D eigenvalue weighted by molar-refractivity contribution is 7.12. The molecule has 0 saturated heterocycles. The molecule has 0 spiro atoms. The minimum Gasteiger partial charge on any atom is -0.348 e. The van der Waals surface area contributed by atoms with Gasteiger partial charge in [0.1, 0.15) is 0 Å². The molecule has 30 heavy (non-hydrogen) atoms. The Balaban J connectivity index is 1.37. The summed E-state index contributed by atoms with van der Waals surface area (Å²) in [6.07, 6.45) is 8.83. The number of nitrogens with zero attached hydrogens (tertiary/aromatic N) is 5. The van der Waals surface area contributed by atoms with Gasteiger partial charge in [0.2, 0.25) is 5.92 Å². The standard InChI is InChI=1S/C20H18F2N6OS/c1-27-9-14(7-24-27)13-6-23-18-16(8-25-28(18)10-13)12-4-17(30-11-12)19(29)26-15-2-3-20(21,22)5-15/h4,6-11,15H,2-3,5H2,1H3,(H,26,29). The molecule has 10 heteroatoms. The van der Waals surface area contributed by atoms with Crippen LogP contribution in [0.5, 0.6) is 0 Å². The molecule has 1 N–H and O–H groups in total. The van der Waals surface area contributed by atoms with Crippen LogP contribution in [0.1, 0.15) is 28.9 Å². The molecular weight excluding hydrogens is 410 g/mol. The normalized spacial score (nSPS) is 18.2. The first-order valence-corrected chi connectivity index (χ1v) is 10.4. The van der Waals surface area contributed by atoms with Gasteiger partial charge in [0.25, 0.3) is 5.91 Å². The number of fused-ring (bicyclic) bond motifs is 1. The minimum absolute atomic E-state index is 0.178. The molecule has 154 valence electrons. The quantitative estimate of drug-likeness (QED) is 0.537. The third-order valence-electron chi connectivity index (χ3n) is 5.27. The van der Waals surface area contributed by atoms with Crippen LogP contribution in [0.25, 0.3) is 27.9 Å². The SMILES string of the molecule is Cn1cc(-c2cnc3c(-c4csc(C(=O)NC5CCC(F)(F)C5)c4)cnn3c2)cn1. The van der Waals surface area contributed by atoms with Gasteiger partial charge in [0, 0.05) is 61.2 Å². The van der Waals surface area contributed by atoms with Crippen LogP contribution in [0.4, 0.5) is 8.78 Å². The number of amides is 1.